The monoisotopic (exact) mass is 240 g/mol. The number of carbonyl (C=O) groups is 1. The zero-order chi connectivity index (χ0) is 12.8. The maximum absolute atomic E-state index is 12.0. The third-order valence-electron chi connectivity index (χ3n) is 3.40. The largest absolute Gasteiger partial charge is 0.356 e. The molecule has 0 aliphatic heterocycles. The minimum atomic E-state index is 0.145. The first-order valence-corrected chi connectivity index (χ1v) is 7.03. The Morgan fingerprint density at radius 1 is 1.12 bits per heavy atom. The molecule has 0 aromatic heterocycles. The van der Waals surface area contributed by atoms with Crippen molar-refractivity contribution in [2.45, 2.75) is 53.0 Å². The molecule has 0 bridgehead atoms. The lowest BCUT2D eigenvalue weighted by atomic mass is 9.85. The van der Waals surface area contributed by atoms with E-state index in [1.54, 1.807) is 0 Å². The van der Waals surface area contributed by atoms with Crippen LogP contribution in [0.15, 0.2) is 0 Å². The quantitative estimate of drug-likeness (QED) is 0.638. The second-order valence-electron chi connectivity index (χ2n) is 5.89. The van der Waals surface area contributed by atoms with Crippen molar-refractivity contribution in [3.8, 4) is 0 Å². The molecule has 100 valence electrons. The van der Waals surface area contributed by atoms with E-state index in [1.807, 2.05) is 0 Å². The van der Waals surface area contributed by atoms with E-state index < -0.39 is 0 Å². The predicted molar refractivity (Wildman–Crippen MR) is 71.8 cm³/mol. The highest BCUT2D eigenvalue weighted by molar-refractivity contribution is 5.79. The molecule has 1 saturated carbocycles. The molecule has 1 amide bonds. The third-order valence-corrected chi connectivity index (χ3v) is 3.40. The van der Waals surface area contributed by atoms with Crippen LogP contribution in [0.4, 0.5) is 0 Å². The van der Waals surface area contributed by atoms with Crippen LogP contribution in [-0.2, 0) is 4.79 Å². The summed E-state index contributed by atoms with van der Waals surface area (Å²) in [5, 5.41) is 6.51. The highest BCUT2D eigenvalue weighted by atomic mass is 16.1. The van der Waals surface area contributed by atoms with E-state index in [2.05, 4.69) is 38.3 Å². The van der Waals surface area contributed by atoms with Gasteiger partial charge in [0.2, 0.25) is 5.91 Å². The van der Waals surface area contributed by atoms with E-state index >= 15 is 0 Å². The number of hydrogen-bond donors (Lipinski definition) is 2. The Kier molecular flexibility index (Phi) is 5.96. The molecule has 0 unspecified atom stereocenters. The summed E-state index contributed by atoms with van der Waals surface area (Å²) >= 11 is 0. The normalized spacial score (nSPS) is 15.9. The van der Waals surface area contributed by atoms with Crippen molar-refractivity contribution in [3.05, 3.63) is 0 Å². The van der Waals surface area contributed by atoms with Gasteiger partial charge in [0.15, 0.2) is 0 Å². The molecule has 0 radical (unpaired) electrons. The molecule has 1 fully saturated rings. The maximum atomic E-state index is 12.0. The van der Waals surface area contributed by atoms with E-state index in [-0.39, 0.29) is 11.8 Å². The number of hydrogen-bond acceptors (Lipinski definition) is 2. The Labute approximate surface area is 106 Å². The average Bonchev–Trinajstić information content (AvgIpc) is 2.99. The molecular weight excluding hydrogens is 212 g/mol. The van der Waals surface area contributed by atoms with Gasteiger partial charge in [-0.3, -0.25) is 4.79 Å². The first-order chi connectivity index (χ1) is 8.02. The summed E-state index contributed by atoms with van der Waals surface area (Å²) in [5.41, 5.74) is 0. The molecule has 0 spiro atoms. The highest BCUT2D eigenvalue weighted by Gasteiger charge is 2.25. The molecule has 2 N–H and O–H groups in total. The predicted octanol–water partition coefficient (Wildman–Crippen LogP) is 2.17. The zero-order valence-corrected chi connectivity index (χ0v) is 11.8. The molecule has 0 saturated heterocycles. The molecule has 3 heteroatoms. The molecule has 0 aromatic rings. The Morgan fingerprint density at radius 3 is 2.18 bits per heavy atom. The zero-order valence-electron chi connectivity index (χ0n) is 11.8. The van der Waals surface area contributed by atoms with Gasteiger partial charge in [0, 0.05) is 18.5 Å². The number of carbonyl (C=O) groups excluding carboxylic acids is 1. The second-order valence-corrected chi connectivity index (χ2v) is 5.89. The van der Waals surface area contributed by atoms with Gasteiger partial charge in [-0.25, -0.2) is 0 Å². The van der Waals surface area contributed by atoms with Crippen LogP contribution in [0.3, 0.4) is 0 Å². The summed E-state index contributed by atoms with van der Waals surface area (Å²) in [6, 6.07) is 0.768. The lowest BCUT2D eigenvalue weighted by molar-refractivity contribution is -0.127. The van der Waals surface area contributed by atoms with Gasteiger partial charge < -0.3 is 10.6 Å². The average molecular weight is 240 g/mol. The summed E-state index contributed by atoms with van der Waals surface area (Å²) in [6.45, 7) is 10.3. The molecular formula is C14H28N2O. The van der Waals surface area contributed by atoms with Crippen molar-refractivity contribution in [2.75, 3.05) is 13.1 Å². The molecule has 0 aromatic carbocycles. The van der Waals surface area contributed by atoms with Crippen molar-refractivity contribution in [2.24, 2.45) is 17.8 Å². The second kappa shape index (κ2) is 7.00. The summed E-state index contributed by atoms with van der Waals surface area (Å²) in [4.78, 5) is 12.0. The summed E-state index contributed by atoms with van der Waals surface area (Å²) in [7, 11) is 0. The fraction of sp³-hybridized carbons (Fsp3) is 0.929. The van der Waals surface area contributed by atoms with Gasteiger partial charge in [-0.1, -0.05) is 27.7 Å². The maximum Gasteiger partial charge on any atom is 0.223 e. The smallest absolute Gasteiger partial charge is 0.223 e. The van der Waals surface area contributed by atoms with Crippen LogP contribution in [0, 0.1) is 17.8 Å². The number of amides is 1. The van der Waals surface area contributed by atoms with Crippen molar-refractivity contribution >= 4 is 5.91 Å². The lowest BCUT2D eigenvalue weighted by Gasteiger charge is -2.23. The molecule has 0 atom stereocenters. The van der Waals surface area contributed by atoms with Crippen LogP contribution in [-0.4, -0.2) is 25.0 Å². The van der Waals surface area contributed by atoms with Gasteiger partial charge in [0.05, 0.1) is 0 Å². The number of nitrogens with one attached hydrogen (secondary N) is 2. The Morgan fingerprint density at radius 2 is 1.71 bits per heavy atom. The van der Waals surface area contributed by atoms with E-state index in [1.165, 1.54) is 12.8 Å². The third kappa shape index (κ3) is 5.53. The van der Waals surface area contributed by atoms with Crippen molar-refractivity contribution < 1.29 is 4.79 Å². The highest BCUT2D eigenvalue weighted by Crippen LogP contribution is 2.20. The van der Waals surface area contributed by atoms with Crippen molar-refractivity contribution in [3.63, 3.8) is 0 Å². The lowest BCUT2D eigenvalue weighted by Crippen LogP contribution is -2.37. The van der Waals surface area contributed by atoms with E-state index in [0.717, 1.165) is 25.6 Å². The fourth-order valence-electron chi connectivity index (χ4n) is 2.39. The van der Waals surface area contributed by atoms with Crippen molar-refractivity contribution in [1.29, 1.82) is 0 Å². The summed E-state index contributed by atoms with van der Waals surface area (Å²) in [6.07, 6.45) is 3.69. The van der Waals surface area contributed by atoms with Crippen LogP contribution >= 0.6 is 0 Å². The molecule has 17 heavy (non-hydrogen) atoms. The minimum Gasteiger partial charge on any atom is -0.356 e. The van der Waals surface area contributed by atoms with Crippen LogP contribution in [0.5, 0.6) is 0 Å². The van der Waals surface area contributed by atoms with Gasteiger partial charge in [-0.2, -0.15) is 0 Å². The summed E-state index contributed by atoms with van der Waals surface area (Å²) < 4.78 is 0. The van der Waals surface area contributed by atoms with Crippen LogP contribution in [0.1, 0.15) is 47.0 Å². The van der Waals surface area contributed by atoms with Gasteiger partial charge >= 0.3 is 0 Å². The Balaban J connectivity index is 2.12. The molecule has 1 rings (SSSR count). The molecule has 3 nitrogen and oxygen atoms in total. The van der Waals surface area contributed by atoms with Crippen molar-refractivity contribution in [1.82, 2.24) is 10.6 Å². The number of rotatable bonds is 8. The van der Waals surface area contributed by atoms with Gasteiger partial charge in [-0.15, -0.1) is 0 Å². The molecule has 1 aliphatic rings. The minimum absolute atomic E-state index is 0.145. The molecule has 1 aliphatic carbocycles. The van der Waals surface area contributed by atoms with Gasteiger partial charge in [0.1, 0.15) is 0 Å². The molecule has 0 heterocycles. The first-order valence-electron chi connectivity index (χ1n) is 7.03. The fourth-order valence-corrected chi connectivity index (χ4v) is 2.39. The first kappa shape index (κ1) is 14.5. The van der Waals surface area contributed by atoms with Gasteiger partial charge in [0.25, 0.3) is 0 Å². The SMILES string of the molecule is CC(C)C(C(=O)NCCCNC1CC1)C(C)C. The van der Waals surface area contributed by atoms with Crippen LogP contribution in [0.25, 0.3) is 0 Å². The van der Waals surface area contributed by atoms with E-state index in [0.29, 0.717) is 11.8 Å². The Bertz CT molecular complexity index is 226. The van der Waals surface area contributed by atoms with Crippen LogP contribution < -0.4 is 10.6 Å². The Hall–Kier alpha value is -0.570. The standard InChI is InChI=1S/C14H28N2O/c1-10(2)13(11(3)4)14(17)16-9-5-8-15-12-6-7-12/h10-13,15H,5-9H2,1-4H3,(H,16,17). The topological polar surface area (TPSA) is 41.1 Å². The van der Waals surface area contributed by atoms with Gasteiger partial charge in [-0.05, 0) is 37.6 Å². The summed E-state index contributed by atoms with van der Waals surface area (Å²) in [5.74, 6) is 1.20. The van der Waals surface area contributed by atoms with E-state index in [9.17, 15) is 4.79 Å². The van der Waals surface area contributed by atoms with Crippen LogP contribution in [0.2, 0.25) is 0 Å². The van der Waals surface area contributed by atoms with E-state index in [4.69, 9.17) is 0 Å².